The fourth-order valence-corrected chi connectivity index (χ4v) is 3.86. The first-order valence-corrected chi connectivity index (χ1v) is 8.27. The molecular formula is C12H16ClN3O4S. The molecule has 2 heterocycles. The van der Waals surface area contributed by atoms with Gasteiger partial charge in [-0.1, -0.05) is 11.6 Å². The number of morpholine rings is 1. The number of halogens is 1. The molecule has 1 aromatic rings. The minimum atomic E-state index is -3.83. The number of pyridine rings is 1. The largest absolute Gasteiger partial charge is 0.378 e. The molecule has 1 amide bonds. The van der Waals surface area contributed by atoms with Crippen LogP contribution in [0.25, 0.3) is 0 Å². The normalized spacial score (nSPS) is 20.2. The molecule has 0 radical (unpaired) electrons. The molecular weight excluding hydrogens is 318 g/mol. The van der Waals surface area contributed by atoms with Gasteiger partial charge in [-0.15, -0.1) is 0 Å². The average molecular weight is 334 g/mol. The van der Waals surface area contributed by atoms with E-state index < -0.39 is 16.1 Å². The van der Waals surface area contributed by atoms with Crippen LogP contribution in [0.3, 0.4) is 0 Å². The lowest BCUT2D eigenvalue weighted by atomic mass is 10.2. The maximum Gasteiger partial charge on any atom is 0.244 e. The molecule has 0 bridgehead atoms. The Morgan fingerprint density at radius 1 is 1.62 bits per heavy atom. The van der Waals surface area contributed by atoms with Gasteiger partial charge in [0.05, 0.1) is 18.1 Å². The number of carbonyl (C=O) groups is 1. The van der Waals surface area contributed by atoms with Crippen molar-refractivity contribution in [3.8, 4) is 0 Å². The zero-order chi connectivity index (χ0) is 15.5. The quantitative estimate of drug-likeness (QED) is 0.798. The van der Waals surface area contributed by atoms with Crippen molar-refractivity contribution in [2.45, 2.75) is 17.9 Å². The Labute approximate surface area is 128 Å². The predicted molar refractivity (Wildman–Crippen MR) is 76.4 cm³/mol. The summed E-state index contributed by atoms with van der Waals surface area (Å²) in [6, 6.07) is 1.74. The molecule has 1 aliphatic rings. The minimum Gasteiger partial charge on any atom is -0.378 e. The summed E-state index contributed by atoms with van der Waals surface area (Å²) in [5.41, 5.74) is 0. The lowest BCUT2D eigenvalue weighted by Gasteiger charge is -2.33. The molecule has 1 N–H and O–H groups in total. The van der Waals surface area contributed by atoms with Crippen molar-refractivity contribution in [2.75, 3.05) is 26.3 Å². The van der Waals surface area contributed by atoms with Crippen LogP contribution >= 0.6 is 11.6 Å². The molecule has 1 atom stereocenters. The molecule has 2 rings (SSSR count). The maximum atomic E-state index is 12.7. The number of nitrogens with zero attached hydrogens (tertiary/aromatic N) is 2. The van der Waals surface area contributed by atoms with Gasteiger partial charge >= 0.3 is 0 Å². The first-order valence-electron chi connectivity index (χ1n) is 6.45. The third kappa shape index (κ3) is 3.52. The number of amides is 1. The van der Waals surface area contributed by atoms with Crippen molar-refractivity contribution in [3.05, 3.63) is 23.5 Å². The van der Waals surface area contributed by atoms with Crippen LogP contribution < -0.4 is 5.32 Å². The molecule has 1 unspecified atom stereocenters. The SMILES string of the molecule is CCNC(=O)C1COCCN1S(=O)(=O)c1ccnc(Cl)c1. The van der Waals surface area contributed by atoms with Gasteiger partial charge in [0, 0.05) is 19.3 Å². The van der Waals surface area contributed by atoms with Crippen LogP contribution in [-0.4, -0.2) is 56.0 Å². The van der Waals surface area contributed by atoms with E-state index in [0.29, 0.717) is 6.54 Å². The summed E-state index contributed by atoms with van der Waals surface area (Å²) in [7, 11) is -3.83. The van der Waals surface area contributed by atoms with E-state index in [0.717, 1.165) is 4.31 Å². The molecule has 1 aromatic heterocycles. The smallest absolute Gasteiger partial charge is 0.244 e. The van der Waals surface area contributed by atoms with Gasteiger partial charge in [0.25, 0.3) is 0 Å². The van der Waals surface area contributed by atoms with Crippen molar-refractivity contribution < 1.29 is 17.9 Å². The number of rotatable bonds is 4. The van der Waals surface area contributed by atoms with Crippen LogP contribution in [0.2, 0.25) is 5.15 Å². The third-order valence-corrected chi connectivity index (χ3v) is 5.15. The first-order chi connectivity index (χ1) is 9.96. The second kappa shape index (κ2) is 6.69. The summed E-state index contributed by atoms with van der Waals surface area (Å²) in [4.78, 5) is 15.8. The lowest BCUT2D eigenvalue weighted by molar-refractivity contribution is -0.129. The maximum absolute atomic E-state index is 12.7. The summed E-state index contributed by atoms with van der Waals surface area (Å²) in [6.07, 6.45) is 1.32. The van der Waals surface area contributed by atoms with Gasteiger partial charge in [-0.2, -0.15) is 4.31 Å². The second-order valence-corrected chi connectivity index (χ2v) is 6.69. The van der Waals surface area contributed by atoms with Crippen molar-refractivity contribution in [1.82, 2.24) is 14.6 Å². The fourth-order valence-electron chi connectivity index (χ4n) is 2.06. The van der Waals surface area contributed by atoms with Gasteiger partial charge in [-0.05, 0) is 19.1 Å². The molecule has 1 fully saturated rings. The van der Waals surface area contributed by atoms with E-state index in [1.54, 1.807) is 6.92 Å². The second-order valence-electron chi connectivity index (χ2n) is 4.42. The van der Waals surface area contributed by atoms with Gasteiger partial charge in [0.1, 0.15) is 11.2 Å². The van der Waals surface area contributed by atoms with Gasteiger partial charge in [-0.25, -0.2) is 13.4 Å². The molecule has 1 aliphatic heterocycles. The molecule has 9 heteroatoms. The van der Waals surface area contributed by atoms with Gasteiger partial charge < -0.3 is 10.1 Å². The van der Waals surface area contributed by atoms with Gasteiger partial charge in [-0.3, -0.25) is 4.79 Å². The average Bonchev–Trinajstić information content (AvgIpc) is 2.47. The van der Waals surface area contributed by atoms with Crippen LogP contribution in [0, 0.1) is 0 Å². The summed E-state index contributed by atoms with van der Waals surface area (Å²) in [6.45, 7) is 2.58. The highest BCUT2D eigenvalue weighted by molar-refractivity contribution is 7.89. The Balaban J connectivity index is 2.34. The van der Waals surface area contributed by atoms with Crippen molar-refractivity contribution in [1.29, 1.82) is 0 Å². The molecule has 1 saturated heterocycles. The van der Waals surface area contributed by atoms with Gasteiger partial charge in [0.15, 0.2) is 0 Å². The highest BCUT2D eigenvalue weighted by Crippen LogP contribution is 2.22. The van der Waals surface area contributed by atoms with E-state index >= 15 is 0 Å². The highest BCUT2D eigenvalue weighted by atomic mass is 35.5. The van der Waals surface area contributed by atoms with E-state index in [4.69, 9.17) is 16.3 Å². The number of hydrogen-bond acceptors (Lipinski definition) is 5. The molecule has 0 spiro atoms. The Morgan fingerprint density at radius 3 is 3.05 bits per heavy atom. The van der Waals surface area contributed by atoms with Crippen LogP contribution in [0.1, 0.15) is 6.92 Å². The standard InChI is InChI=1S/C12H16ClN3O4S/c1-2-14-12(17)10-8-20-6-5-16(10)21(18,19)9-3-4-15-11(13)7-9/h3-4,7,10H,2,5-6,8H2,1H3,(H,14,17). The van der Waals surface area contributed by atoms with E-state index in [1.807, 2.05) is 0 Å². The predicted octanol–water partition coefficient (Wildman–Crippen LogP) is 0.261. The van der Waals surface area contributed by atoms with Crippen LogP contribution in [0.4, 0.5) is 0 Å². The van der Waals surface area contributed by atoms with Crippen molar-refractivity contribution in [3.63, 3.8) is 0 Å². The van der Waals surface area contributed by atoms with Gasteiger partial charge in [0.2, 0.25) is 15.9 Å². The van der Waals surface area contributed by atoms with E-state index in [9.17, 15) is 13.2 Å². The molecule has 0 saturated carbocycles. The first kappa shape index (κ1) is 16.2. The minimum absolute atomic E-state index is 0.0127. The number of nitrogens with one attached hydrogen (secondary N) is 1. The molecule has 0 aromatic carbocycles. The molecule has 0 aliphatic carbocycles. The zero-order valence-corrected chi connectivity index (χ0v) is 13.0. The summed E-state index contributed by atoms with van der Waals surface area (Å²) < 4.78 is 31.7. The number of likely N-dealkylation sites (N-methyl/N-ethyl adjacent to an activating group) is 1. The number of hydrogen-bond donors (Lipinski definition) is 1. The Morgan fingerprint density at radius 2 is 2.38 bits per heavy atom. The summed E-state index contributed by atoms with van der Waals surface area (Å²) >= 11 is 5.74. The van der Waals surface area contributed by atoms with Crippen LogP contribution in [0.5, 0.6) is 0 Å². The Kier molecular flexibility index (Phi) is 5.15. The number of carbonyl (C=O) groups excluding carboxylic acids is 1. The fraction of sp³-hybridized carbons (Fsp3) is 0.500. The van der Waals surface area contributed by atoms with Crippen molar-refractivity contribution in [2.24, 2.45) is 0 Å². The Hall–Kier alpha value is -1.22. The van der Waals surface area contributed by atoms with E-state index in [-0.39, 0.29) is 35.7 Å². The lowest BCUT2D eigenvalue weighted by Crippen LogP contribution is -2.55. The zero-order valence-electron chi connectivity index (χ0n) is 11.5. The molecule has 21 heavy (non-hydrogen) atoms. The third-order valence-electron chi connectivity index (χ3n) is 3.04. The monoisotopic (exact) mass is 333 g/mol. The number of sulfonamides is 1. The molecule has 7 nitrogen and oxygen atoms in total. The van der Waals surface area contributed by atoms with Crippen LogP contribution in [0.15, 0.2) is 23.2 Å². The Bertz CT molecular complexity index is 623. The highest BCUT2D eigenvalue weighted by Gasteiger charge is 2.38. The van der Waals surface area contributed by atoms with E-state index in [1.165, 1.54) is 18.3 Å². The topological polar surface area (TPSA) is 88.6 Å². The molecule has 116 valence electrons. The number of aromatic nitrogens is 1. The van der Waals surface area contributed by atoms with Crippen molar-refractivity contribution >= 4 is 27.5 Å². The number of ether oxygens (including phenoxy) is 1. The summed E-state index contributed by atoms with van der Waals surface area (Å²) in [5, 5.41) is 2.70. The van der Waals surface area contributed by atoms with E-state index in [2.05, 4.69) is 10.3 Å². The van der Waals surface area contributed by atoms with Crippen LogP contribution in [-0.2, 0) is 19.6 Å². The summed E-state index contributed by atoms with van der Waals surface area (Å²) in [5.74, 6) is -0.374.